The van der Waals surface area contributed by atoms with Crippen LogP contribution >= 0.6 is 11.3 Å². The van der Waals surface area contributed by atoms with Crippen molar-refractivity contribution in [2.45, 2.75) is 6.18 Å². The summed E-state index contributed by atoms with van der Waals surface area (Å²) in [4.78, 5) is 15.6. The molecular weight excluding hydrogens is 396 g/mol. The molecule has 0 fully saturated rings. The summed E-state index contributed by atoms with van der Waals surface area (Å²) in [7, 11) is 0. The highest BCUT2D eigenvalue weighted by molar-refractivity contribution is 7.18. The fraction of sp³-hybridized carbons (Fsp3) is 0.0526. The molecule has 0 atom stereocenters. The van der Waals surface area contributed by atoms with E-state index in [4.69, 9.17) is 0 Å². The molecular formula is C19H10F4N2O2S. The number of carboxylic acid groups (broad SMARTS) is 1. The van der Waals surface area contributed by atoms with E-state index in [9.17, 15) is 27.5 Å². The highest BCUT2D eigenvalue weighted by Crippen LogP contribution is 2.36. The zero-order valence-electron chi connectivity index (χ0n) is 13.8. The molecule has 0 saturated heterocycles. The lowest BCUT2D eigenvalue weighted by Crippen LogP contribution is -2.06. The molecule has 0 unspecified atom stereocenters. The second-order valence-corrected chi connectivity index (χ2v) is 6.93. The molecule has 2 aromatic carbocycles. The van der Waals surface area contributed by atoms with E-state index in [1.54, 1.807) is 17.5 Å². The van der Waals surface area contributed by atoms with Crippen LogP contribution in [0.1, 0.15) is 15.9 Å². The molecule has 0 aliphatic heterocycles. The van der Waals surface area contributed by atoms with Crippen molar-refractivity contribution < 1.29 is 27.5 Å². The first-order chi connectivity index (χ1) is 13.2. The second kappa shape index (κ2) is 6.45. The molecule has 0 radical (unpaired) electrons. The van der Waals surface area contributed by atoms with Crippen LogP contribution in [-0.4, -0.2) is 16.1 Å². The Hall–Kier alpha value is -3.20. The molecule has 2 N–H and O–H groups in total. The van der Waals surface area contributed by atoms with E-state index in [2.05, 4.69) is 10.3 Å². The first kappa shape index (κ1) is 18.2. The highest BCUT2D eigenvalue weighted by atomic mass is 32.1. The Morgan fingerprint density at radius 2 is 1.86 bits per heavy atom. The molecule has 2 heterocycles. The zero-order chi connectivity index (χ0) is 20.1. The van der Waals surface area contributed by atoms with Crippen LogP contribution in [0.25, 0.3) is 21.0 Å². The molecule has 28 heavy (non-hydrogen) atoms. The van der Waals surface area contributed by atoms with Crippen molar-refractivity contribution in [3.63, 3.8) is 0 Å². The van der Waals surface area contributed by atoms with Crippen LogP contribution in [0.15, 0.2) is 47.8 Å². The van der Waals surface area contributed by atoms with Crippen molar-refractivity contribution in [2.24, 2.45) is 0 Å². The molecule has 0 aliphatic carbocycles. The fourth-order valence-electron chi connectivity index (χ4n) is 2.89. The van der Waals surface area contributed by atoms with Crippen LogP contribution in [0.5, 0.6) is 0 Å². The number of nitrogens with one attached hydrogen (secondary N) is 1. The number of hydrogen-bond donors (Lipinski definition) is 2. The second-order valence-electron chi connectivity index (χ2n) is 6.01. The molecule has 0 saturated carbocycles. The molecule has 0 spiro atoms. The largest absolute Gasteiger partial charge is 0.478 e. The SMILES string of the molecule is O=C(O)c1ccc2c(c1)nc(Nc1cc(F)cc(C(F)(F)F)c1)c1ccsc12. The summed E-state index contributed by atoms with van der Waals surface area (Å²) in [5.41, 5.74) is -0.830. The Morgan fingerprint density at radius 1 is 1.07 bits per heavy atom. The number of pyridine rings is 1. The topological polar surface area (TPSA) is 62.2 Å². The van der Waals surface area contributed by atoms with Gasteiger partial charge in [0.2, 0.25) is 0 Å². The monoisotopic (exact) mass is 406 g/mol. The Morgan fingerprint density at radius 3 is 2.57 bits per heavy atom. The molecule has 142 valence electrons. The summed E-state index contributed by atoms with van der Waals surface area (Å²) in [6, 6.07) is 8.36. The molecule has 2 aromatic heterocycles. The third-order valence-electron chi connectivity index (χ3n) is 4.13. The molecule has 0 amide bonds. The first-order valence-corrected chi connectivity index (χ1v) is 8.79. The van der Waals surface area contributed by atoms with Crippen LogP contribution in [0.3, 0.4) is 0 Å². The van der Waals surface area contributed by atoms with Crippen LogP contribution in [0.2, 0.25) is 0 Å². The molecule has 4 aromatic rings. The summed E-state index contributed by atoms with van der Waals surface area (Å²) in [5, 5.41) is 15.0. The average Bonchev–Trinajstić information content (AvgIpc) is 3.10. The van der Waals surface area contributed by atoms with E-state index < -0.39 is 23.5 Å². The zero-order valence-corrected chi connectivity index (χ0v) is 14.7. The van der Waals surface area contributed by atoms with Gasteiger partial charge in [0.25, 0.3) is 0 Å². The van der Waals surface area contributed by atoms with E-state index in [0.717, 1.165) is 22.2 Å². The lowest BCUT2D eigenvalue weighted by Gasteiger charge is -2.12. The van der Waals surface area contributed by atoms with Crippen LogP contribution < -0.4 is 5.32 Å². The van der Waals surface area contributed by atoms with Crippen molar-refractivity contribution in [2.75, 3.05) is 5.32 Å². The summed E-state index contributed by atoms with van der Waals surface area (Å²) < 4.78 is 53.3. The maximum Gasteiger partial charge on any atom is 0.416 e. The maximum absolute atomic E-state index is 13.7. The minimum Gasteiger partial charge on any atom is -0.478 e. The van der Waals surface area contributed by atoms with Gasteiger partial charge in [0.15, 0.2) is 0 Å². The third-order valence-corrected chi connectivity index (χ3v) is 5.08. The van der Waals surface area contributed by atoms with Gasteiger partial charge in [-0.1, -0.05) is 6.07 Å². The van der Waals surface area contributed by atoms with Gasteiger partial charge in [0.1, 0.15) is 11.6 Å². The first-order valence-electron chi connectivity index (χ1n) is 7.91. The number of nitrogens with zero attached hydrogens (tertiary/aromatic N) is 1. The number of carboxylic acids is 1. The van der Waals surface area contributed by atoms with Gasteiger partial charge in [0.05, 0.1) is 16.6 Å². The lowest BCUT2D eigenvalue weighted by molar-refractivity contribution is -0.137. The summed E-state index contributed by atoms with van der Waals surface area (Å²) in [6.45, 7) is 0. The van der Waals surface area contributed by atoms with Gasteiger partial charge >= 0.3 is 12.1 Å². The van der Waals surface area contributed by atoms with Crippen LogP contribution in [-0.2, 0) is 6.18 Å². The number of benzene rings is 2. The van der Waals surface area contributed by atoms with Gasteiger partial charge in [-0.3, -0.25) is 0 Å². The molecule has 4 rings (SSSR count). The standard InChI is InChI=1S/C19H10F4N2O2S/c20-11-6-10(19(21,22)23)7-12(8-11)24-17-14-3-4-28-16(14)13-2-1-9(18(26)27)5-15(13)25-17/h1-8H,(H,24,25)(H,26,27). The summed E-state index contributed by atoms with van der Waals surface area (Å²) in [5.74, 6) is -1.94. The van der Waals surface area contributed by atoms with Gasteiger partial charge in [-0.15, -0.1) is 11.3 Å². The summed E-state index contributed by atoms with van der Waals surface area (Å²) in [6.07, 6.45) is -4.69. The minimum absolute atomic E-state index is 0.0342. The molecule has 0 aliphatic rings. The third kappa shape index (κ3) is 3.24. The average molecular weight is 406 g/mol. The van der Waals surface area contributed by atoms with Crippen LogP contribution in [0, 0.1) is 5.82 Å². The van der Waals surface area contributed by atoms with Gasteiger partial charge in [-0.25, -0.2) is 14.2 Å². The van der Waals surface area contributed by atoms with E-state index >= 15 is 0 Å². The van der Waals surface area contributed by atoms with Crippen LogP contribution in [0.4, 0.5) is 29.1 Å². The van der Waals surface area contributed by atoms with Crippen molar-refractivity contribution in [3.05, 3.63) is 64.8 Å². The Kier molecular flexibility index (Phi) is 4.19. The lowest BCUT2D eigenvalue weighted by atomic mass is 10.1. The van der Waals surface area contributed by atoms with E-state index in [1.807, 2.05) is 0 Å². The van der Waals surface area contributed by atoms with Gasteiger partial charge in [0, 0.05) is 21.2 Å². The normalized spacial score (nSPS) is 11.9. The number of halogens is 4. The summed E-state index contributed by atoms with van der Waals surface area (Å²) >= 11 is 1.38. The Labute approximate surface area is 159 Å². The molecule has 0 bridgehead atoms. The minimum atomic E-state index is -4.69. The van der Waals surface area contributed by atoms with Gasteiger partial charge in [-0.05, 0) is 41.8 Å². The number of rotatable bonds is 3. The fourth-order valence-corrected chi connectivity index (χ4v) is 3.82. The quantitative estimate of drug-likeness (QED) is 0.407. The number of carbonyl (C=O) groups is 1. The Bertz CT molecular complexity index is 1230. The van der Waals surface area contributed by atoms with Crippen molar-refractivity contribution >= 4 is 49.8 Å². The number of thiophene rings is 1. The van der Waals surface area contributed by atoms with Crippen molar-refractivity contribution in [1.82, 2.24) is 4.98 Å². The Balaban J connectivity index is 1.87. The van der Waals surface area contributed by atoms with Crippen molar-refractivity contribution in [3.8, 4) is 0 Å². The van der Waals surface area contributed by atoms with E-state index in [-0.39, 0.29) is 17.1 Å². The van der Waals surface area contributed by atoms with Gasteiger partial charge < -0.3 is 10.4 Å². The van der Waals surface area contributed by atoms with E-state index in [0.29, 0.717) is 17.0 Å². The number of alkyl halides is 3. The van der Waals surface area contributed by atoms with E-state index in [1.165, 1.54) is 23.5 Å². The number of aromatic nitrogens is 1. The predicted octanol–water partition coefficient (Wildman–Crippen LogP) is 6.05. The molecule has 4 nitrogen and oxygen atoms in total. The number of fused-ring (bicyclic) bond motifs is 3. The van der Waals surface area contributed by atoms with Gasteiger partial charge in [-0.2, -0.15) is 13.2 Å². The molecule has 9 heteroatoms. The number of anilines is 2. The predicted molar refractivity (Wildman–Crippen MR) is 98.8 cm³/mol. The number of aromatic carboxylic acids is 1. The smallest absolute Gasteiger partial charge is 0.416 e. The number of hydrogen-bond acceptors (Lipinski definition) is 4. The highest BCUT2D eigenvalue weighted by Gasteiger charge is 2.31. The van der Waals surface area contributed by atoms with Crippen molar-refractivity contribution in [1.29, 1.82) is 0 Å². The maximum atomic E-state index is 13.7.